The fourth-order valence-corrected chi connectivity index (χ4v) is 3.60. The predicted molar refractivity (Wildman–Crippen MR) is 89.0 cm³/mol. The van der Waals surface area contributed by atoms with Crippen LogP contribution in [0, 0.1) is 27.7 Å². The van der Waals surface area contributed by atoms with Gasteiger partial charge in [0, 0.05) is 23.5 Å². The Morgan fingerprint density at radius 2 is 1.80 bits per heavy atom. The Bertz CT molecular complexity index is 563. The molecular formula is C17H24N2S. The van der Waals surface area contributed by atoms with Crippen LogP contribution in [0.4, 0.5) is 5.13 Å². The Labute approximate surface area is 126 Å². The first-order valence-electron chi connectivity index (χ1n) is 7.25. The van der Waals surface area contributed by atoms with Gasteiger partial charge < -0.3 is 5.32 Å². The Morgan fingerprint density at radius 1 is 1.15 bits per heavy atom. The first-order chi connectivity index (χ1) is 9.51. The summed E-state index contributed by atoms with van der Waals surface area (Å²) in [5.74, 6) is 0.541. The number of benzene rings is 1. The van der Waals surface area contributed by atoms with Crippen molar-refractivity contribution in [1.82, 2.24) is 4.98 Å². The predicted octanol–water partition coefficient (Wildman–Crippen LogP) is 4.98. The molecule has 0 aliphatic carbocycles. The van der Waals surface area contributed by atoms with Crippen molar-refractivity contribution in [1.29, 1.82) is 0 Å². The van der Waals surface area contributed by atoms with Gasteiger partial charge in [-0.15, -0.1) is 11.3 Å². The van der Waals surface area contributed by atoms with Gasteiger partial charge in [0.1, 0.15) is 0 Å². The van der Waals surface area contributed by atoms with Gasteiger partial charge in [0.15, 0.2) is 5.13 Å². The van der Waals surface area contributed by atoms with Crippen molar-refractivity contribution >= 4 is 16.5 Å². The Kier molecular flexibility index (Phi) is 4.81. The van der Waals surface area contributed by atoms with Crippen molar-refractivity contribution in [2.45, 2.75) is 47.0 Å². The number of thiazole rings is 1. The molecule has 0 saturated carbocycles. The highest BCUT2D eigenvalue weighted by atomic mass is 32.1. The second kappa shape index (κ2) is 6.40. The Balaban J connectivity index is 2.16. The van der Waals surface area contributed by atoms with Crippen molar-refractivity contribution in [2.75, 3.05) is 11.9 Å². The highest BCUT2D eigenvalue weighted by Gasteiger charge is 2.15. The van der Waals surface area contributed by atoms with Crippen molar-refractivity contribution in [3.05, 3.63) is 45.5 Å². The topological polar surface area (TPSA) is 24.9 Å². The fourth-order valence-electron chi connectivity index (χ4n) is 2.93. The number of nitrogens with one attached hydrogen (secondary N) is 1. The van der Waals surface area contributed by atoms with E-state index in [4.69, 9.17) is 0 Å². The lowest BCUT2D eigenvalue weighted by Crippen LogP contribution is -2.14. The largest absolute Gasteiger partial charge is 0.361 e. The summed E-state index contributed by atoms with van der Waals surface area (Å²) in [5, 5.41) is 4.52. The van der Waals surface area contributed by atoms with Crippen LogP contribution in [-0.4, -0.2) is 11.5 Å². The van der Waals surface area contributed by atoms with E-state index in [9.17, 15) is 0 Å². The van der Waals surface area contributed by atoms with Gasteiger partial charge in [0.25, 0.3) is 0 Å². The minimum Gasteiger partial charge on any atom is -0.361 e. The third-order valence-electron chi connectivity index (χ3n) is 3.76. The molecule has 0 fully saturated rings. The second-order valence-electron chi connectivity index (χ2n) is 5.57. The first kappa shape index (κ1) is 15.0. The highest BCUT2D eigenvalue weighted by Crippen LogP contribution is 2.28. The lowest BCUT2D eigenvalue weighted by Gasteiger charge is -2.21. The van der Waals surface area contributed by atoms with E-state index in [1.807, 2.05) is 6.20 Å². The van der Waals surface area contributed by atoms with Crippen LogP contribution < -0.4 is 5.32 Å². The zero-order chi connectivity index (χ0) is 14.7. The summed E-state index contributed by atoms with van der Waals surface area (Å²) in [5.41, 5.74) is 5.67. The van der Waals surface area contributed by atoms with Gasteiger partial charge in [-0.05, 0) is 50.8 Å². The molecule has 1 heterocycles. The van der Waals surface area contributed by atoms with E-state index in [0.717, 1.165) is 18.1 Å². The summed E-state index contributed by atoms with van der Waals surface area (Å²) >= 11 is 1.72. The molecule has 0 saturated heterocycles. The molecule has 1 aromatic heterocycles. The fraction of sp³-hybridized carbons (Fsp3) is 0.471. The van der Waals surface area contributed by atoms with Crippen molar-refractivity contribution < 1.29 is 0 Å². The summed E-state index contributed by atoms with van der Waals surface area (Å²) < 4.78 is 0. The van der Waals surface area contributed by atoms with Gasteiger partial charge in [-0.1, -0.05) is 24.6 Å². The van der Waals surface area contributed by atoms with Crippen LogP contribution in [0.15, 0.2) is 18.3 Å². The van der Waals surface area contributed by atoms with E-state index in [2.05, 4.69) is 57.1 Å². The molecule has 2 nitrogen and oxygen atoms in total. The number of nitrogens with zero attached hydrogens (tertiary/aromatic N) is 1. The lowest BCUT2D eigenvalue weighted by atomic mass is 9.88. The average Bonchev–Trinajstić information content (AvgIpc) is 2.78. The van der Waals surface area contributed by atoms with Gasteiger partial charge in [0.05, 0.1) is 0 Å². The third kappa shape index (κ3) is 3.40. The summed E-state index contributed by atoms with van der Waals surface area (Å²) in [7, 11) is 0. The summed E-state index contributed by atoms with van der Waals surface area (Å²) in [6, 6.07) is 4.58. The van der Waals surface area contributed by atoms with Crippen molar-refractivity contribution in [3.63, 3.8) is 0 Å². The number of aryl methyl sites for hydroxylation is 4. The van der Waals surface area contributed by atoms with E-state index in [1.165, 1.54) is 27.1 Å². The SMILES string of the molecule is CCC(CNc1ncc(C)s1)c1c(C)cc(C)cc1C. The maximum atomic E-state index is 4.38. The van der Waals surface area contributed by atoms with Gasteiger partial charge in [-0.2, -0.15) is 0 Å². The molecule has 1 unspecified atom stereocenters. The Morgan fingerprint density at radius 3 is 2.30 bits per heavy atom. The zero-order valence-corrected chi connectivity index (χ0v) is 13.9. The van der Waals surface area contributed by atoms with Gasteiger partial charge in [-0.25, -0.2) is 4.98 Å². The molecule has 1 aromatic carbocycles. The van der Waals surface area contributed by atoms with Crippen LogP contribution in [-0.2, 0) is 0 Å². The average molecular weight is 288 g/mol. The quantitative estimate of drug-likeness (QED) is 0.839. The monoisotopic (exact) mass is 288 g/mol. The summed E-state index contributed by atoms with van der Waals surface area (Å²) in [6.45, 7) is 11.9. The van der Waals surface area contributed by atoms with Crippen LogP contribution in [0.1, 0.15) is 46.4 Å². The summed E-state index contributed by atoms with van der Waals surface area (Å²) in [4.78, 5) is 5.64. The molecule has 2 aromatic rings. The molecule has 0 aliphatic rings. The molecular weight excluding hydrogens is 264 g/mol. The number of hydrogen-bond donors (Lipinski definition) is 1. The van der Waals surface area contributed by atoms with Crippen LogP contribution >= 0.6 is 11.3 Å². The molecule has 1 N–H and O–H groups in total. The van der Waals surface area contributed by atoms with Crippen LogP contribution in [0.3, 0.4) is 0 Å². The standard InChI is InChI=1S/C17H24N2S/c1-6-15(10-19-17-18-9-14(5)20-17)16-12(3)7-11(2)8-13(16)4/h7-9,15H,6,10H2,1-5H3,(H,18,19). The van der Waals surface area contributed by atoms with Gasteiger partial charge >= 0.3 is 0 Å². The van der Waals surface area contributed by atoms with Crippen molar-refractivity contribution in [2.24, 2.45) is 0 Å². The number of aromatic nitrogens is 1. The van der Waals surface area contributed by atoms with E-state index in [1.54, 1.807) is 11.3 Å². The molecule has 20 heavy (non-hydrogen) atoms. The number of anilines is 1. The second-order valence-corrected chi connectivity index (χ2v) is 6.81. The van der Waals surface area contributed by atoms with E-state index in [0.29, 0.717) is 5.92 Å². The maximum absolute atomic E-state index is 4.38. The first-order valence-corrected chi connectivity index (χ1v) is 8.07. The van der Waals surface area contributed by atoms with E-state index in [-0.39, 0.29) is 0 Å². The molecule has 0 amide bonds. The molecule has 0 spiro atoms. The summed E-state index contributed by atoms with van der Waals surface area (Å²) in [6.07, 6.45) is 3.07. The minimum absolute atomic E-state index is 0.541. The van der Waals surface area contributed by atoms with Gasteiger partial charge in [0.2, 0.25) is 0 Å². The lowest BCUT2D eigenvalue weighted by molar-refractivity contribution is 0.685. The smallest absolute Gasteiger partial charge is 0.182 e. The maximum Gasteiger partial charge on any atom is 0.182 e. The van der Waals surface area contributed by atoms with Crippen LogP contribution in [0.5, 0.6) is 0 Å². The number of rotatable bonds is 5. The molecule has 1 atom stereocenters. The molecule has 2 rings (SSSR count). The minimum atomic E-state index is 0.541. The van der Waals surface area contributed by atoms with E-state index >= 15 is 0 Å². The molecule has 108 valence electrons. The van der Waals surface area contributed by atoms with Crippen molar-refractivity contribution in [3.8, 4) is 0 Å². The normalized spacial score (nSPS) is 12.4. The van der Waals surface area contributed by atoms with Crippen LogP contribution in [0.2, 0.25) is 0 Å². The highest BCUT2D eigenvalue weighted by molar-refractivity contribution is 7.15. The molecule has 0 radical (unpaired) electrons. The van der Waals surface area contributed by atoms with Crippen LogP contribution in [0.25, 0.3) is 0 Å². The van der Waals surface area contributed by atoms with Gasteiger partial charge in [-0.3, -0.25) is 0 Å². The molecule has 3 heteroatoms. The number of hydrogen-bond acceptors (Lipinski definition) is 3. The van der Waals surface area contributed by atoms with E-state index < -0.39 is 0 Å². The zero-order valence-electron chi connectivity index (χ0n) is 13.1. The third-order valence-corrected chi connectivity index (χ3v) is 4.63. The Hall–Kier alpha value is -1.35. The molecule has 0 aliphatic heterocycles. The molecule has 0 bridgehead atoms.